The van der Waals surface area contributed by atoms with E-state index >= 15 is 0 Å². The van der Waals surface area contributed by atoms with E-state index in [1.165, 1.54) is 21.9 Å². The summed E-state index contributed by atoms with van der Waals surface area (Å²) in [6.45, 7) is 3.90. The molecule has 0 bridgehead atoms. The Balaban J connectivity index is 2.10. The zero-order valence-corrected chi connectivity index (χ0v) is 15.3. The van der Waals surface area contributed by atoms with Gasteiger partial charge < -0.3 is 0 Å². The Morgan fingerprint density at radius 1 is 0.444 bits per heavy atom. The Labute approximate surface area is 161 Å². The van der Waals surface area contributed by atoms with E-state index in [1.54, 1.807) is 0 Å². The summed E-state index contributed by atoms with van der Waals surface area (Å²) < 4.78 is 0. The van der Waals surface area contributed by atoms with Crippen LogP contribution in [0.4, 0.5) is 0 Å². The Bertz CT molecular complexity index is 907. The molecule has 0 aliphatic carbocycles. The summed E-state index contributed by atoms with van der Waals surface area (Å²) in [6.07, 6.45) is 0.624. The first-order valence-corrected chi connectivity index (χ1v) is 9.41. The first-order valence-electron chi connectivity index (χ1n) is 9.41. The number of benzene rings is 4. The molecule has 130 valence electrons. The lowest BCUT2D eigenvalue weighted by atomic mass is 9.13. The van der Waals surface area contributed by atoms with Crippen LogP contribution in [0.3, 0.4) is 0 Å². The van der Waals surface area contributed by atoms with Gasteiger partial charge in [-0.3, -0.25) is 0 Å². The van der Waals surface area contributed by atoms with Gasteiger partial charge in [0.25, 0.3) is 0 Å². The third-order valence-corrected chi connectivity index (χ3v) is 5.57. The highest BCUT2D eigenvalue weighted by atomic mass is 14.1. The minimum atomic E-state index is -1.27. The van der Waals surface area contributed by atoms with Gasteiger partial charge in [-0.25, -0.2) is 0 Å². The van der Waals surface area contributed by atoms with Crippen LogP contribution in [0, 0.1) is 0 Å². The van der Waals surface area contributed by atoms with Crippen molar-refractivity contribution in [3.63, 3.8) is 0 Å². The summed E-state index contributed by atoms with van der Waals surface area (Å²) >= 11 is 0. The quantitative estimate of drug-likeness (QED) is 0.484. The lowest BCUT2D eigenvalue weighted by Crippen LogP contribution is -2.74. The van der Waals surface area contributed by atoms with Gasteiger partial charge >= 0.3 is 0 Å². The molecule has 0 saturated heterocycles. The van der Waals surface area contributed by atoms with Crippen molar-refractivity contribution in [3.05, 3.63) is 127 Å². The molecular weight excluding hydrogens is 323 g/mol. The van der Waals surface area contributed by atoms with E-state index in [-0.39, 0.29) is 0 Å². The maximum atomic E-state index is 3.90. The van der Waals surface area contributed by atoms with Crippen LogP contribution in [0.1, 0.15) is 5.56 Å². The highest BCUT2D eigenvalue weighted by molar-refractivity contribution is 7.19. The van der Waals surface area contributed by atoms with Crippen LogP contribution in [0.25, 0.3) is 6.08 Å². The van der Waals surface area contributed by atoms with Crippen molar-refractivity contribution in [1.29, 1.82) is 0 Å². The monoisotopic (exact) mass is 345 g/mol. The minimum Gasteiger partial charge on any atom is -0.195 e. The van der Waals surface area contributed by atoms with Gasteiger partial charge in [0, 0.05) is 0 Å². The van der Waals surface area contributed by atoms with Crippen LogP contribution in [0.2, 0.25) is 0 Å². The molecule has 1 heteroatoms. The number of hydrogen-bond donors (Lipinski definition) is 0. The Kier molecular flexibility index (Phi) is 4.76. The maximum Gasteiger partial charge on any atom is 0.108 e. The van der Waals surface area contributed by atoms with Gasteiger partial charge in [-0.2, -0.15) is 21.9 Å². The molecule has 0 amide bonds. The predicted octanol–water partition coefficient (Wildman–Crippen LogP) is 3.71. The summed E-state index contributed by atoms with van der Waals surface area (Å²) in [5.41, 5.74) is 6.41. The van der Waals surface area contributed by atoms with E-state index in [2.05, 4.69) is 122 Å². The summed E-state index contributed by atoms with van der Waals surface area (Å²) in [6, 6.07) is 41.4. The Morgan fingerprint density at radius 3 is 1.11 bits per heavy atom. The molecule has 4 aromatic rings. The van der Waals surface area contributed by atoms with Crippen molar-refractivity contribution in [2.24, 2.45) is 0 Å². The molecule has 0 nitrogen and oxygen atoms in total. The predicted molar refractivity (Wildman–Crippen MR) is 120 cm³/mol. The van der Waals surface area contributed by atoms with E-state index in [1.807, 2.05) is 6.08 Å². The number of rotatable bonds is 5. The van der Waals surface area contributed by atoms with E-state index in [9.17, 15) is 0 Å². The van der Waals surface area contributed by atoms with Crippen LogP contribution in [-0.2, 0) is 0 Å². The topological polar surface area (TPSA) is 0 Å². The van der Waals surface area contributed by atoms with E-state index in [0.717, 1.165) is 5.56 Å². The lowest BCUT2D eigenvalue weighted by molar-refractivity contribution is 1.65. The smallest absolute Gasteiger partial charge is 0.108 e. The summed E-state index contributed by atoms with van der Waals surface area (Å²) in [5, 5.41) is 0. The standard InChI is InChI=1S/C26H22B/c1-2-22-18-20-26(21-19-22)27(23-12-6-3-7-13-23,24-14-8-4-9-15-24)25-16-10-5-11-17-25/h2-21H,1H2/q-1. The molecule has 0 aromatic heterocycles. The van der Waals surface area contributed by atoms with E-state index < -0.39 is 6.15 Å². The first kappa shape index (κ1) is 17.1. The summed E-state index contributed by atoms with van der Waals surface area (Å²) in [4.78, 5) is 0. The van der Waals surface area contributed by atoms with Gasteiger partial charge in [-0.05, 0) is 5.56 Å². The first-order chi connectivity index (χ1) is 13.4. The second-order valence-electron chi connectivity index (χ2n) is 6.97. The molecular formula is C26H22B-. The Morgan fingerprint density at radius 2 is 0.778 bits per heavy atom. The van der Waals surface area contributed by atoms with Crippen LogP contribution in [0.5, 0.6) is 0 Å². The molecule has 0 radical (unpaired) electrons. The third-order valence-electron chi connectivity index (χ3n) is 5.57. The molecule has 0 atom stereocenters. The van der Waals surface area contributed by atoms with Crippen molar-refractivity contribution in [1.82, 2.24) is 0 Å². The molecule has 0 unspecified atom stereocenters. The third kappa shape index (κ3) is 3.02. The van der Waals surface area contributed by atoms with Gasteiger partial charge in [0.1, 0.15) is 6.15 Å². The normalized spacial score (nSPS) is 11.1. The second-order valence-corrected chi connectivity index (χ2v) is 6.97. The molecule has 27 heavy (non-hydrogen) atoms. The lowest BCUT2D eigenvalue weighted by Gasteiger charge is -2.44. The van der Waals surface area contributed by atoms with Crippen molar-refractivity contribution in [2.75, 3.05) is 0 Å². The molecule has 0 aliphatic rings. The zero-order valence-electron chi connectivity index (χ0n) is 15.3. The summed E-state index contributed by atoms with van der Waals surface area (Å²) in [5.74, 6) is 0. The fraction of sp³-hybridized carbons (Fsp3) is 0. The molecule has 0 aliphatic heterocycles. The van der Waals surface area contributed by atoms with Gasteiger partial charge in [0.2, 0.25) is 0 Å². The van der Waals surface area contributed by atoms with Crippen LogP contribution < -0.4 is 21.9 Å². The van der Waals surface area contributed by atoms with Crippen molar-refractivity contribution < 1.29 is 0 Å². The van der Waals surface area contributed by atoms with Crippen molar-refractivity contribution in [3.8, 4) is 0 Å². The van der Waals surface area contributed by atoms with Crippen molar-refractivity contribution >= 4 is 34.1 Å². The van der Waals surface area contributed by atoms with Crippen LogP contribution >= 0.6 is 0 Å². The van der Waals surface area contributed by atoms with E-state index in [0.29, 0.717) is 0 Å². The molecule has 4 aromatic carbocycles. The van der Waals surface area contributed by atoms with Gasteiger partial charge in [-0.15, -0.1) is 0 Å². The molecule has 0 spiro atoms. The van der Waals surface area contributed by atoms with Crippen molar-refractivity contribution in [2.45, 2.75) is 0 Å². The van der Waals surface area contributed by atoms with Gasteiger partial charge in [0.15, 0.2) is 0 Å². The largest absolute Gasteiger partial charge is 0.195 e. The van der Waals surface area contributed by atoms with E-state index in [4.69, 9.17) is 0 Å². The fourth-order valence-corrected chi connectivity index (χ4v) is 4.30. The Hall–Kier alpha value is -3.32. The summed E-state index contributed by atoms with van der Waals surface area (Å²) in [7, 11) is 0. The van der Waals surface area contributed by atoms with Crippen LogP contribution in [0.15, 0.2) is 122 Å². The minimum absolute atomic E-state index is 1.14. The zero-order chi connectivity index (χ0) is 18.5. The highest BCUT2D eigenvalue weighted by Crippen LogP contribution is 2.10. The molecule has 0 fully saturated rings. The molecule has 4 rings (SSSR count). The molecule has 0 N–H and O–H groups in total. The highest BCUT2D eigenvalue weighted by Gasteiger charge is 2.31. The average molecular weight is 345 g/mol. The maximum absolute atomic E-state index is 3.90. The van der Waals surface area contributed by atoms with Gasteiger partial charge in [0.05, 0.1) is 0 Å². The average Bonchev–Trinajstić information content (AvgIpc) is 2.77. The fourth-order valence-electron chi connectivity index (χ4n) is 4.30. The SMILES string of the molecule is C=Cc1ccc([B-](c2ccccc2)(c2ccccc2)c2ccccc2)cc1. The molecule has 0 heterocycles. The van der Waals surface area contributed by atoms with Crippen LogP contribution in [-0.4, -0.2) is 6.15 Å². The second kappa shape index (κ2) is 7.51. The number of hydrogen-bond acceptors (Lipinski definition) is 0. The van der Waals surface area contributed by atoms with Gasteiger partial charge in [-0.1, -0.05) is 128 Å². The molecule has 0 saturated carbocycles.